The summed E-state index contributed by atoms with van der Waals surface area (Å²) in [7, 11) is -1.98. The first-order chi connectivity index (χ1) is 7.45. The van der Waals surface area contributed by atoms with Gasteiger partial charge >= 0.3 is 0 Å². The summed E-state index contributed by atoms with van der Waals surface area (Å²) >= 11 is 4.74. The lowest BCUT2D eigenvalue weighted by molar-refractivity contribution is 0.577. The predicted molar refractivity (Wildman–Crippen MR) is 66.3 cm³/mol. The highest BCUT2D eigenvalue weighted by Gasteiger charge is 2.12. The Kier molecular flexibility index (Phi) is 4.22. The first-order valence-corrected chi connectivity index (χ1v) is 6.41. The second-order valence-electron chi connectivity index (χ2n) is 3.12. The van der Waals surface area contributed by atoms with Crippen LogP contribution in [0.2, 0.25) is 0 Å². The second-order valence-corrected chi connectivity index (χ2v) is 5.21. The van der Waals surface area contributed by atoms with Crippen LogP contribution in [-0.4, -0.2) is 20.6 Å². The number of hydrogen-bond acceptors (Lipinski definition) is 3. The summed E-state index contributed by atoms with van der Waals surface area (Å²) < 4.78 is 23.4. The zero-order chi connectivity index (χ0) is 12.2. The van der Waals surface area contributed by atoms with E-state index in [1.54, 1.807) is 19.2 Å². The fourth-order valence-corrected chi connectivity index (χ4v) is 1.92. The Balaban J connectivity index is 2.78. The molecule has 0 saturated heterocycles. The van der Waals surface area contributed by atoms with Crippen LogP contribution in [-0.2, 0) is 10.0 Å². The number of hydrazine groups is 1. The average molecular weight is 259 g/mol. The smallest absolute Gasteiger partial charge is 0.257 e. The minimum Gasteiger partial charge on any atom is -0.365 e. The molecule has 0 saturated carbocycles. The van der Waals surface area contributed by atoms with E-state index in [1.165, 1.54) is 12.1 Å². The predicted octanol–water partition coefficient (Wildman–Crippen LogP) is 0.282. The van der Waals surface area contributed by atoms with Gasteiger partial charge in [0.25, 0.3) is 10.0 Å². The van der Waals surface area contributed by atoms with Crippen molar-refractivity contribution < 1.29 is 8.42 Å². The highest BCUT2D eigenvalue weighted by atomic mass is 32.2. The van der Waals surface area contributed by atoms with Crippen LogP contribution in [0, 0.1) is 6.92 Å². The normalized spacial score (nSPS) is 10.9. The van der Waals surface area contributed by atoms with E-state index in [2.05, 4.69) is 15.6 Å². The van der Waals surface area contributed by atoms with Crippen molar-refractivity contribution >= 4 is 27.4 Å². The van der Waals surface area contributed by atoms with E-state index in [0.717, 1.165) is 5.56 Å². The highest BCUT2D eigenvalue weighted by Crippen LogP contribution is 2.08. The van der Waals surface area contributed by atoms with Gasteiger partial charge in [-0.05, 0) is 31.3 Å². The molecule has 1 aromatic rings. The van der Waals surface area contributed by atoms with Crippen LogP contribution in [0.4, 0.5) is 0 Å². The molecule has 1 aromatic carbocycles. The lowest BCUT2D eigenvalue weighted by Gasteiger charge is -2.09. The number of hydrogen-bond donors (Lipinski definition) is 3. The maximum Gasteiger partial charge on any atom is 0.257 e. The molecule has 0 unspecified atom stereocenters. The molecule has 0 fully saturated rings. The van der Waals surface area contributed by atoms with Crippen molar-refractivity contribution in [2.24, 2.45) is 0 Å². The largest absolute Gasteiger partial charge is 0.365 e. The Labute approximate surface area is 100 Å². The topological polar surface area (TPSA) is 70.2 Å². The molecule has 0 bridgehead atoms. The molecule has 7 heteroatoms. The first kappa shape index (κ1) is 12.9. The molecule has 88 valence electrons. The maximum atomic E-state index is 11.7. The lowest BCUT2D eigenvalue weighted by Crippen LogP contribution is -2.45. The summed E-state index contributed by atoms with van der Waals surface area (Å²) in [5, 5.41) is 2.80. The van der Waals surface area contributed by atoms with Crippen LogP contribution < -0.4 is 15.6 Å². The molecule has 0 aliphatic carbocycles. The molecule has 0 aromatic heterocycles. The van der Waals surface area contributed by atoms with Crippen molar-refractivity contribution in [3.05, 3.63) is 29.8 Å². The fourth-order valence-electron chi connectivity index (χ4n) is 0.952. The van der Waals surface area contributed by atoms with Gasteiger partial charge < -0.3 is 5.32 Å². The summed E-state index contributed by atoms with van der Waals surface area (Å²) in [5.41, 5.74) is 3.37. The van der Waals surface area contributed by atoms with Crippen LogP contribution in [0.15, 0.2) is 29.2 Å². The number of aryl methyl sites for hydroxylation is 1. The molecule has 0 aliphatic heterocycles. The van der Waals surface area contributed by atoms with Gasteiger partial charge in [0.2, 0.25) is 0 Å². The van der Waals surface area contributed by atoms with Crippen LogP contribution in [0.25, 0.3) is 0 Å². The summed E-state index contributed by atoms with van der Waals surface area (Å²) in [4.78, 5) is 2.35. The Morgan fingerprint density at radius 2 is 1.81 bits per heavy atom. The molecule has 0 amide bonds. The zero-order valence-electron chi connectivity index (χ0n) is 8.94. The van der Waals surface area contributed by atoms with E-state index >= 15 is 0 Å². The van der Waals surface area contributed by atoms with E-state index in [4.69, 9.17) is 12.2 Å². The Hall–Kier alpha value is -1.18. The summed E-state index contributed by atoms with van der Waals surface area (Å²) in [5.74, 6) is 0. The Bertz CT molecular complexity index is 468. The lowest BCUT2D eigenvalue weighted by atomic mass is 10.2. The van der Waals surface area contributed by atoms with Gasteiger partial charge in [-0.3, -0.25) is 5.43 Å². The van der Waals surface area contributed by atoms with E-state index in [0.29, 0.717) is 0 Å². The van der Waals surface area contributed by atoms with Crippen LogP contribution in [0.3, 0.4) is 0 Å². The van der Waals surface area contributed by atoms with Gasteiger partial charge in [0, 0.05) is 7.05 Å². The summed E-state index contributed by atoms with van der Waals surface area (Å²) in [6.07, 6.45) is 0. The second kappa shape index (κ2) is 5.24. The van der Waals surface area contributed by atoms with Gasteiger partial charge in [0.05, 0.1) is 4.90 Å². The fraction of sp³-hybridized carbons (Fsp3) is 0.222. The molecule has 16 heavy (non-hydrogen) atoms. The van der Waals surface area contributed by atoms with Gasteiger partial charge in [-0.25, -0.2) is 8.42 Å². The molecule has 0 heterocycles. The van der Waals surface area contributed by atoms with E-state index in [-0.39, 0.29) is 10.0 Å². The van der Waals surface area contributed by atoms with Crippen LogP contribution in [0.1, 0.15) is 5.56 Å². The maximum absolute atomic E-state index is 11.7. The van der Waals surface area contributed by atoms with E-state index in [9.17, 15) is 8.42 Å². The van der Waals surface area contributed by atoms with Crippen LogP contribution >= 0.6 is 12.2 Å². The first-order valence-electron chi connectivity index (χ1n) is 4.52. The molecule has 3 N–H and O–H groups in total. The van der Waals surface area contributed by atoms with E-state index < -0.39 is 10.0 Å². The number of benzene rings is 1. The van der Waals surface area contributed by atoms with Crippen LogP contribution in [0.5, 0.6) is 0 Å². The summed E-state index contributed by atoms with van der Waals surface area (Å²) in [6, 6.07) is 6.51. The minimum atomic E-state index is -3.57. The van der Waals surface area contributed by atoms with Crippen molar-refractivity contribution in [2.75, 3.05) is 7.05 Å². The zero-order valence-corrected chi connectivity index (χ0v) is 10.6. The molecule has 0 radical (unpaired) electrons. The third kappa shape index (κ3) is 3.44. The monoisotopic (exact) mass is 259 g/mol. The molecular formula is C9H13N3O2S2. The Morgan fingerprint density at radius 3 is 2.31 bits per heavy atom. The SMILES string of the molecule is CNC(=S)NNS(=O)(=O)c1ccc(C)cc1. The van der Waals surface area contributed by atoms with Crippen molar-refractivity contribution in [1.29, 1.82) is 0 Å². The van der Waals surface area contributed by atoms with Crippen molar-refractivity contribution in [2.45, 2.75) is 11.8 Å². The quantitative estimate of drug-likeness (QED) is 0.537. The van der Waals surface area contributed by atoms with E-state index in [1.807, 2.05) is 6.92 Å². The van der Waals surface area contributed by atoms with Gasteiger partial charge in [-0.15, -0.1) is 4.83 Å². The molecule has 1 rings (SSSR count). The van der Waals surface area contributed by atoms with Gasteiger partial charge in [-0.2, -0.15) is 0 Å². The van der Waals surface area contributed by atoms with Crippen molar-refractivity contribution in [1.82, 2.24) is 15.6 Å². The number of rotatable bonds is 3. The third-order valence-electron chi connectivity index (χ3n) is 1.86. The molecule has 0 spiro atoms. The van der Waals surface area contributed by atoms with Gasteiger partial charge in [0.1, 0.15) is 0 Å². The molecule has 0 aliphatic rings. The van der Waals surface area contributed by atoms with Crippen molar-refractivity contribution in [3.8, 4) is 0 Å². The minimum absolute atomic E-state index is 0.185. The molecular weight excluding hydrogens is 246 g/mol. The highest BCUT2D eigenvalue weighted by molar-refractivity contribution is 7.89. The number of thiocarbonyl (C=S) groups is 1. The number of sulfonamides is 1. The van der Waals surface area contributed by atoms with Gasteiger partial charge in [-0.1, -0.05) is 17.7 Å². The Morgan fingerprint density at radius 1 is 1.25 bits per heavy atom. The molecule has 5 nitrogen and oxygen atoms in total. The van der Waals surface area contributed by atoms with Gasteiger partial charge in [0.15, 0.2) is 5.11 Å². The molecule has 0 atom stereocenters. The average Bonchev–Trinajstić information content (AvgIpc) is 2.26. The third-order valence-corrected chi connectivity index (χ3v) is 3.43. The number of nitrogens with one attached hydrogen (secondary N) is 3. The summed E-state index contributed by atoms with van der Waals surface area (Å²) in [6.45, 7) is 1.89. The van der Waals surface area contributed by atoms with Crippen molar-refractivity contribution in [3.63, 3.8) is 0 Å². The standard InChI is InChI=1S/C9H13N3O2S2/c1-7-3-5-8(6-4-7)16(13,14)12-11-9(15)10-2/h3-6,12H,1-2H3,(H2,10,11,15).